The van der Waals surface area contributed by atoms with Gasteiger partial charge in [0.2, 0.25) is 0 Å². The number of hydrogen-bond acceptors (Lipinski definition) is 12. The Morgan fingerprint density at radius 1 is 0.194 bits per heavy atom. The average molecular weight is 949 g/mol. The summed E-state index contributed by atoms with van der Waals surface area (Å²) in [6, 6.07) is 58.2. The molecule has 0 aliphatic heterocycles. The number of fused-ring (bicyclic) bond motifs is 6. The highest BCUT2D eigenvalue weighted by atomic mass is 16.6. The van der Waals surface area contributed by atoms with Crippen molar-refractivity contribution in [1.29, 1.82) is 0 Å². The van der Waals surface area contributed by atoms with Crippen LogP contribution in [0.5, 0.6) is 34.5 Å². The molecule has 10 aromatic rings. The van der Waals surface area contributed by atoms with Crippen LogP contribution >= 0.6 is 0 Å². The van der Waals surface area contributed by atoms with E-state index in [1.807, 2.05) is 0 Å². The Morgan fingerprint density at radius 3 is 0.444 bits per heavy atom. The van der Waals surface area contributed by atoms with Gasteiger partial charge >= 0.3 is 35.8 Å². The molecule has 10 rings (SSSR count). The summed E-state index contributed by atoms with van der Waals surface area (Å²) in [5.74, 6) is -5.68. The maximum Gasteiger partial charge on any atom is 0.343 e. The highest BCUT2D eigenvalue weighted by Crippen LogP contribution is 2.48. The second-order valence-corrected chi connectivity index (χ2v) is 16.1. The quantitative estimate of drug-likeness (QED) is 0.0649. The molecular formula is C60H36O12. The van der Waals surface area contributed by atoms with Gasteiger partial charge in [0.05, 0.1) is 33.4 Å². The van der Waals surface area contributed by atoms with E-state index in [4.69, 9.17) is 28.4 Å². The number of benzene rings is 10. The van der Waals surface area contributed by atoms with Crippen molar-refractivity contribution < 1.29 is 57.2 Å². The van der Waals surface area contributed by atoms with E-state index in [0.29, 0.717) is 32.3 Å². The van der Waals surface area contributed by atoms with Gasteiger partial charge in [0.25, 0.3) is 0 Å². The Bertz CT molecular complexity index is 3050. The molecule has 0 spiro atoms. The molecule has 0 N–H and O–H groups in total. The Kier molecular flexibility index (Phi) is 12.8. The predicted octanol–water partition coefficient (Wildman–Crippen LogP) is 12.5. The van der Waals surface area contributed by atoms with Crippen LogP contribution in [0.25, 0.3) is 32.3 Å². The minimum Gasteiger partial charge on any atom is -0.419 e. The maximum atomic E-state index is 13.8. The van der Waals surface area contributed by atoms with Crippen LogP contribution in [0.15, 0.2) is 218 Å². The van der Waals surface area contributed by atoms with E-state index in [1.165, 1.54) is 36.4 Å². The molecule has 0 saturated carbocycles. The van der Waals surface area contributed by atoms with E-state index in [0.717, 1.165) is 0 Å². The molecule has 0 amide bonds. The number of ether oxygens (including phenoxy) is 6. The zero-order chi connectivity index (χ0) is 49.6. The Hall–Kier alpha value is -10.2. The van der Waals surface area contributed by atoms with Crippen molar-refractivity contribution in [2.24, 2.45) is 0 Å². The minimum absolute atomic E-state index is 0.173. The van der Waals surface area contributed by atoms with Crippen LogP contribution in [-0.4, -0.2) is 35.8 Å². The molecule has 0 unspecified atom stereocenters. The molecular weight excluding hydrogens is 913 g/mol. The number of hydrogen-bond donors (Lipinski definition) is 0. The van der Waals surface area contributed by atoms with Gasteiger partial charge in [0.1, 0.15) is 0 Å². The first kappa shape index (κ1) is 45.6. The molecule has 348 valence electrons. The average Bonchev–Trinajstić information content (AvgIpc) is 3.43. The number of esters is 6. The van der Waals surface area contributed by atoms with Crippen molar-refractivity contribution in [1.82, 2.24) is 0 Å². The van der Waals surface area contributed by atoms with Crippen LogP contribution in [0.4, 0.5) is 0 Å². The van der Waals surface area contributed by atoms with Crippen molar-refractivity contribution in [3.63, 3.8) is 0 Å². The van der Waals surface area contributed by atoms with E-state index >= 15 is 0 Å². The number of carbonyl (C=O) groups is 6. The van der Waals surface area contributed by atoms with E-state index in [2.05, 4.69) is 0 Å². The SMILES string of the molecule is O=C(Oc1cc2c3cc(OC(=O)c4ccccc4)c(OC(=O)c4ccccc4)cc3c3cc(OC(=O)c4ccccc4)c(OC(=O)c4ccccc4)cc3c2cc1OC(=O)c1ccccc1)c1ccccc1. The largest absolute Gasteiger partial charge is 0.419 e. The van der Waals surface area contributed by atoms with Crippen LogP contribution in [0, 0.1) is 0 Å². The number of rotatable bonds is 12. The maximum absolute atomic E-state index is 13.8. The molecule has 0 heterocycles. The van der Waals surface area contributed by atoms with E-state index in [-0.39, 0.29) is 67.9 Å². The highest BCUT2D eigenvalue weighted by molar-refractivity contribution is 6.27. The van der Waals surface area contributed by atoms with Crippen molar-refractivity contribution in [3.05, 3.63) is 252 Å². The van der Waals surface area contributed by atoms with Crippen LogP contribution in [0.3, 0.4) is 0 Å². The summed E-state index contributed by atoms with van der Waals surface area (Å²) < 4.78 is 36.3. The third kappa shape index (κ3) is 9.73. The van der Waals surface area contributed by atoms with E-state index in [1.54, 1.807) is 182 Å². The monoisotopic (exact) mass is 948 g/mol. The third-order valence-corrected chi connectivity index (χ3v) is 11.4. The fraction of sp³-hybridized carbons (Fsp3) is 0. The Balaban J connectivity index is 1.26. The van der Waals surface area contributed by atoms with Crippen LogP contribution in [-0.2, 0) is 0 Å². The smallest absolute Gasteiger partial charge is 0.343 e. The van der Waals surface area contributed by atoms with Gasteiger partial charge < -0.3 is 28.4 Å². The van der Waals surface area contributed by atoms with Crippen LogP contribution < -0.4 is 28.4 Å². The summed E-state index contributed by atoms with van der Waals surface area (Å²) in [5.41, 5.74) is 1.19. The summed E-state index contributed by atoms with van der Waals surface area (Å²) in [6.45, 7) is 0. The third-order valence-electron chi connectivity index (χ3n) is 11.4. The molecule has 0 fully saturated rings. The first-order valence-electron chi connectivity index (χ1n) is 22.4. The summed E-state index contributed by atoms with van der Waals surface area (Å²) in [7, 11) is 0. The Labute approximate surface area is 410 Å². The molecule has 12 nitrogen and oxygen atoms in total. The summed E-state index contributed by atoms with van der Waals surface area (Å²) in [4.78, 5) is 83.1. The van der Waals surface area contributed by atoms with E-state index < -0.39 is 35.8 Å². The minimum atomic E-state index is -0.773. The second-order valence-electron chi connectivity index (χ2n) is 16.1. The molecule has 0 saturated heterocycles. The molecule has 0 aliphatic carbocycles. The lowest BCUT2D eigenvalue weighted by Gasteiger charge is -2.19. The lowest BCUT2D eigenvalue weighted by molar-refractivity contribution is 0.0682. The molecule has 0 radical (unpaired) electrons. The molecule has 0 aromatic heterocycles. The molecule has 0 aliphatic rings. The van der Waals surface area contributed by atoms with Gasteiger partial charge in [-0.25, -0.2) is 28.8 Å². The molecule has 0 bridgehead atoms. The van der Waals surface area contributed by atoms with Crippen molar-refractivity contribution >= 4 is 68.1 Å². The fourth-order valence-electron chi connectivity index (χ4n) is 7.89. The van der Waals surface area contributed by atoms with Crippen LogP contribution in [0.1, 0.15) is 62.1 Å². The lowest BCUT2D eigenvalue weighted by atomic mass is 9.93. The summed E-state index contributed by atoms with van der Waals surface area (Å²) >= 11 is 0. The van der Waals surface area contributed by atoms with Crippen molar-refractivity contribution in [2.45, 2.75) is 0 Å². The standard InChI is InChI=1S/C60H36O12/c61-55(37-19-7-1-8-20-37)67-49-31-43-44(32-50(49)68-56(62)38-21-9-2-10-22-38)46-34-52(70-58(64)40-25-13-4-14-26-40)54(72-60(66)42-29-17-6-18-30-42)36-48(46)47-35-53(71-59(65)41-27-15-5-16-28-41)51(33-45(43)47)69-57(63)39-23-11-3-12-24-39/h1-36H. The fourth-order valence-corrected chi connectivity index (χ4v) is 7.89. The van der Waals surface area contributed by atoms with Gasteiger partial charge in [-0.05, 0) is 142 Å². The van der Waals surface area contributed by atoms with Crippen molar-refractivity contribution in [3.8, 4) is 34.5 Å². The van der Waals surface area contributed by atoms with E-state index in [9.17, 15) is 28.8 Å². The molecule has 72 heavy (non-hydrogen) atoms. The van der Waals surface area contributed by atoms with Gasteiger partial charge in [-0.15, -0.1) is 0 Å². The van der Waals surface area contributed by atoms with Gasteiger partial charge in [-0.1, -0.05) is 109 Å². The van der Waals surface area contributed by atoms with Gasteiger partial charge in [-0.2, -0.15) is 0 Å². The highest BCUT2D eigenvalue weighted by Gasteiger charge is 2.26. The predicted molar refractivity (Wildman–Crippen MR) is 267 cm³/mol. The lowest BCUT2D eigenvalue weighted by Crippen LogP contribution is -2.13. The van der Waals surface area contributed by atoms with Gasteiger partial charge in [-0.3, -0.25) is 0 Å². The van der Waals surface area contributed by atoms with Crippen LogP contribution in [0.2, 0.25) is 0 Å². The molecule has 10 aromatic carbocycles. The zero-order valence-electron chi connectivity index (χ0n) is 37.7. The van der Waals surface area contributed by atoms with Gasteiger partial charge in [0.15, 0.2) is 34.5 Å². The zero-order valence-corrected chi connectivity index (χ0v) is 37.7. The first-order chi connectivity index (χ1) is 35.2. The molecule has 12 heteroatoms. The second kappa shape index (κ2) is 20.2. The molecule has 0 atom stereocenters. The topological polar surface area (TPSA) is 158 Å². The Morgan fingerprint density at radius 2 is 0.319 bits per heavy atom. The first-order valence-corrected chi connectivity index (χ1v) is 22.4. The summed E-state index contributed by atoms with van der Waals surface area (Å²) in [6.07, 6.45) is 0. The number of carbonyl (C=O) groups excluding carboxylic acids is 6. The normalized spacial score (nSPS) is 10.8. The summed E-state index contributed by atoms with van der Waals surface area (Å²) in [5, 5.41) is 2.00. The van der Waals surface area contributed by atoms with Crippen molar-refractivity contribution in [2.75, 3.05) is 0 Å². The van der Waals surface area contributed by atoms with Gasteiger partial charge in [0, 0.05) is 0 Å².